The third-order valence-corrected chi connectivity index (χ3v) is 5.81. The molecule has 0 saturated carbocycles. The summed E-state index contributed by atoms with van der Waals surface area (Å²) in [6.45, 7) is 5.62. The number of anilines is 2. The molecule has 3 aromatic carbocycles. The largest absolute Gasteiger partial charge is 0.389 e. The normalized spacial score (nSPS) is 14.8. The third-order valence-electron chi connectivity index (χ3n) is 5.81. The molecule has 1 fully saturated rings. The molecule has 1 saturated heterocycles. The molecule has 3 amide bonds. The highest BCUT2D eigenvalue weighted by atomic mass is 16.3. The van der Waals surface area contributed by atoms with E-state index >= 15 is 0 Å². The topological polar surface area (TPSA) is 72.9 Å². The van der Waals surface area contributed by atoms with Crippen LogP contribution in [-0.4, -0.2) is 35.0 Å². The molecule has 0 unspecified atom stereocenters. The number of benzene rings is 3. The zero-order valence-corrected chi connectivity index (χ0v) is 19.0. The molecule has 6 heteroatoms. The number of carbonyl (C=O) groups is 2. The third kappa shape index (κ3) is 5.41. The van der Waals surface area contributed by atoms with Crippen LogP contribution in [0.5, 0.6) is 0 Å². The van der Waals surface area contributed by atoms with Gasteiger partial charge in [-0.3, -0.25) is 9.69 Å². The Morgan fingerprint density at radius 3 is 2.61 bits per heavy atom. The number of nitrogens with zero attached hydrogens (tertiary/aromatic N) is 2. The van der Waals surface area contributed by atoms with Crippen LogP contribution in [0.4, 0.5) is 16.2 Å². The van der Waals surface area contributed by atoms with Gasteiger partial charge < -0.3 is 15.3 Å². The zero-order valence-electron chi connectivity index (χ0n) is 19.0. The van der Waals surface area contributed by atoms with Crippen molar-refractivity contribution in [1.82, 2.24) is 4.90 Å². The number of aryl methyl sites for hydroxylation is 1. The Morgan fingerprint density at radius 1 is 1.03 bits per heavy atom. The molecule has 0 radical (unpaired) electrons. The average molecular weight is 444 g/mol. The smallest absolute Gasteiger partial charge is 0.324 e. The molecule has 0 spiro atoms. The maximum Gasteiger partial charge on any atom is 0.324 e. The van der Waals surface area contributed by atoms with Gasteiger partial charge in [0.15, 0.2) is 0 Å². The monoisotopic (exact) mass is 443 g/mol. The van der Waals surface area contributed by atoms with Gasteiger partial charge in [0.2, 0.25) is 0 Å². The maximum atomic E-state index is 13.2. The fraction of sp³-hybridized carbons (Fsp3) is 0.259. The number of carbonyl (C=O) groups excluding carboxylic acids is 2. The van der Waals surface area contributed by atoms with Gasteiger partial charge in [-0.25, -0.2) is 4.79 Å². The van der Waals surface area contributed by atoms with E-state index in [1.807, 2.05) is 42.2 Å². The van der Waals surface area contributed by atoms with Crippen LogP contribution in [0, 0.1) is 6.92 Å². The van der Waals surface area contributed by atoms with Crippen molar-refractivity contribution in [3.8, 4) is 0 Å². The molecule has 2 N–H and O–H groups in total. The van der Waals surface area contributed by atoms with Crippen molar-refractivity contribution in [3.63, 3.8) is 0 Å². The summed E-state index contributed by atoms with van der Waals surface area (Å²) < 4.78 is 0. The van der Waals surface area contributed by atoms with Crippen LogP contribution in [0.25, 0.3) is 0 Å². The number of amides is 3. The Labute approximate surface area is 194 Å². The van der Waals surface area contributed by atoms with Gasteiger partial charge in [-0.05, 0) is 61.7 Å². The molecule has 1 heterocycles. The van der Waals surface area contributed by atoms with Gasteiger partial charge in [0.05, 0.1) is 6.10 Å². The molecule has 1 aliphatic rings. The van der Waals surface area contributed by atoms with E-state index < -0.39 is 6.10 Å². The number of aliphatic hydroxyl groups is 1. The Kier molecular flexibility index (Phi) is 6.75. The number of hydrogen-bond donors (Lipinski definition) is 2. The summed E-state index contributed by atoms with van der Waals surface area (Å²) in [6.07, 6.45) is 0.248. The van der Waals surface area contributed by atoms with Gasteiger partial charge in [-0.15, -0.1) is 0 Å². The lowest BCUT2D eigenvalue weighted by molar-refractivity contribution is 0.102. The van der Waals surface area contributed by atoms with Gasteiger partial charge in [-0.2, -0.15) is 0 Å². The van der Waals surface area contributed by atoms with E-state index in [1.165, 1.54) is 5.56 Å². The summed E-state index contributed by atoms with van der Waals surface area (Å²) in [5, 5.41) is 12.7. The van der Waals surface area contributed by atoms with Crippen molar-refractivity contribution in [1.29, 1.82) is 0 Å². The van der Waals surface area contributed by atoms with Crippen LogP contribution in [0.1, 0.15) is 46.5 Å². The highest BCUT2D eigenvalue weighted by molar-refractivity contribution is 6.05. The first-order chi connectivity index (χ1) is 15.9. The molecule has 6 nitrogen and oxygen atoms in total. The fourth-order valence-corrected chi connectivity index (χ4v) is 4.09. The quantitative estimate of drug-likeness (QED) is 0.555. The minimum atomic E-state index is -0.613. The second-order valence-corrected chi connectivity index (χ2v) is 8.50. The summed E-state index contributed by atoms with van der Waals surface area (Å²) in [5.74, 6) is -0.263. The molecule has 0 aromatic heterocycles. The highest BCUT2D eigenvalue weighted by Gasteiger charge is 2.27. The number of aliphatic hydroxyl groups excluding tert-OH is 1. The lowest BCUT2D eigenvalue weighted by Gasteiger charge is -2.36. The number of hydrogen-bond acceptors (Lipinski definition) is 3. The standard InChI is InChI=1S/C27H29N3O3/c1-19-7-3-8-21(15-19)18-29-13-6-14-30(27(29)33)25-12-5-10-23(17-25)26(32)28-24-11-4-9-22(16-24)20(2)31/h3-5,7-12,15-17,20,31H,6,13-14,18H2,1-2H3,(H,28,32)/t20-/m0/s1. The molecule has 170 valence electrons. The molecule has 0 bridgehead atoms. The van der Waals surface area contributed by atoms with Crippen molar-refractivity contribution in [2.45, 2.75) is 32.9 Å². The predicted molar refractivity (Wildman–Crippen MR) is 130 cm³/mol. The van der Waals surface area contributed by atoms with Crippen LogP contribution in [0.15, 0.2) is 72.8 Å². The van der Waals surface area contributed by atoms with E-state index in [2.05, 4.69) is 11.4 Å². The number of rotatable bonds is 6. The summed E-state index contributed by atoms with van der Waals surface area (Å²) in [5.41, 5.74) is 4.80. The highest BCUT2D eigenvalue weighted by Crippen LogP contribution is 2.24. The second kappa shape index (κ2) is 9.88. The average Bonchev–Trinajstić information content (AvgIpc) is 2.81. The van der Waals surface area contributed by atoms with Crippen LogP contribution in [-0.2, 0) is 6.54 Å². The van der Waals surface area contributed by atoms with Crippen molar-refractivity contribution >= 4 is 23.3 Å². The summed E-state index contributed by atoms with van der Waals surface area (Å²) >= 11 is 0. The fourth-order valence-electron chi connectivity index (χ4n) is 4.09. The summed E-state index contributed by atoms with van der Waals surface area (Å²) in [6, 6.07) is 22.4. The Morgan fingerprint density at radius 2 is 1.82 bits per heavy atom. The van der Waals surface area contributed by atoms with E-state index in [9.17, 15) is 14.7 Å². The van der Waals surface area contributed by atoms with Crippen LogP contribution < -0.4 is 10.2 Å². The minimum absolute atomic E-state index is 0.0510. The molecule has 1 aliphatic heterocycles. The van der Waals surface area contributed by atoms with E-state index in [0.717, 1.165) is 17.5 Å². The Bertz CT molecular complexity index is 1160. The summed E-state index contributed by atoms with van der Waals surface area (Å²) in [4.78, 5) is 29.7. The van der Waals surface area contributed by atoms with E-state index in [0.29, 0.717) is 36.6 Å². The molecular formula is C27H29N3O3. The molecule has 3 aromatic rings. The Balaban J connectivity index is 1.49. The molecule has 0 aliphatic carbocycles. The second-order valence-electron chi connectivity index (χ2n) is 8.50. The van der Waals surface area contributed by atoms with Gasteiger partial charge in [0.1, 0.15) is 0 Å². The van der Waals surface area contributed by atoms with Crippen molar-refractivity contribution in [2.24, 2.45) is 0 Å². The SMILES string of the molecule is Cc1cccc(CN2CCCN(c3cccc(C(=O)Nc4cccc([C@H](C)O)c4)c3)C2=O)c1. The van der Waals surface area contributed by atoms with Crippen LogP contribution >= 0.6 is 0 Å². The molecule has 4 rings (SSSR count). The first-order valence-electron chi connectivity index (χ1n) is 11.2. The lowest BCUT2D eigenvalue weighted by Crippen LogP contribution is -2.49. The first kappa shape index (κ1) is 22.6. The molecule has 33 heavy (non-hydrogen) atoms. The van der Waals surface area contributed by atoms with Crippen molar-refractivity contribution in [2.75, 3.05) is 23.3 Å². The van der Waals surface area contributed by atoms with Crippen LogP contribution in [0.3, 0.4) is 0 Å². The molecule has 1 atom stereocenters. The minimum Gasteiger partial charge on any atom is -0.389 e. The van der Waals surface area contributed by atoms with Gasteiger partial charge in [-0.1, -0.05) is 48.0 Å². The van der Waals surface area contributed by atoms with E-state index in [4.69, 9.17) is 0 Å². The lowest BCUT2D eigenvalue weighted by atomic mass is 10.1. The summed E-state index contributed by atoms with van der Waals surface area (Å²) in [7, 11) is 0. The van der Waals surface area contributed by atoms with Gasteiger partial charge in [0.25, 0.3) is 5.91 Å². The van der Waals surface area contributed by atoms with Crippen molar-refractivity contribution in [3.05, 3.63) is 95.1 Å². The zero-order chi connectivity index (χ0) is 23.4. The predicted octanol–water partition coefficient (Wildman–Crippen LogP) is 5.13. The Hall–Kier alpha value is -3.64. The van der Waals surface area contributed by atoms with Crippen molar-refractivity contribution < 1.29 is 14.7 Å². The van der Waals surface area contributed by atoms with E-state index in [1.54, 1.807) is 48.2 Å². The first-order valence-corrected chi connectivity index (χ1v) is 11.2. The maximum absolute atomic E-state index is 13.2. The molecular weight excluding hydrogens is 414 g/mol. The van der Waals surface area contributed by atoms with E-state index in [-0.39, 0.29) is 11.9 Å². The van der Waals surface area contributed by atoms with Gasteiger partial charge >= 0.3 is 6.03 Å². The number of urea groups is 1. The van der Waals surface area contributed by atoms with Gasteiger partial charge in [0, 0.05) is 36.6 Å². The number of nitrogens with one attached hydrogen (secondary N) is 1. The van der Waals surface area contributed by atoms with Crippen LogP contribution in [0.2, 0.25) is 0 Å².